The van der Waals surface area contributed by atoms with Gasteiger partial charge in [-0.2, -0.15) is 5.10 Å². The number of ketones is 1. The summed E-state index contributed by atoms with van der Waals surface area (Å²) in [6, 6.07) is 2.38. The van der Waals surface area contributed by atoms with Crippen molar-refractivity contribution in [2.45, 2.75) is 58.4 Å². The summed E-state index contributed by atoms with van der Waals surface area (Å²) >= 11 is 0. The van der Waals surface area contributed by atoms with E-state index >= 15 is 0 Å². The van der Waals surface area contributed by atoms with Crippen molar-refractivity contribution in [3.05, 3.63) is 18.0 Å². The second-order valence-corrected chi connectivity index (χ2v) is 6.14. The fourth-order valence-corrected chi connectivity index (χ4v) is 2.95. The van der Waals surface area contributed by atoms with Gasteiger partial charge in [-0.1, -0.05) is 6.92 Å². The third-order valence-corrected chi connectivity index (χ3v) is 4.70. The summed E-state index contributed by atoms with van der Waals surface area (Å²) in [6.45, 7) is 5.06. The third kappa shape index (κ3) is 3.69. The molecule has 20 heavy (non-hydrogen) atoms. The van der Waals surface area contributed by atoms with E-state index in [4.69, 9.17) is 5.73 Å². The first-order valence-electron chi connectivity index (χ1n) is 7.90. The van der Waals surface area contributed by atoms with E-state index in [1.165, 1.54) is 0 Å². The lowest BCUT2D eigenvalue weighted by Crippen LogP contribution is -2.26. The predicted octanol–water partition coefficient (Wildman–Crippen LogP) is 2.73. The van der Waals surface area contributed by atoms with E-state index in [0.29, 0.717) is 24.2 Å². The molecule has 1 aromatic rings. The summed E-state index contributed by atoms with van der Waals surface area (Å²) in [6.07, 6.45) is 7.75. The molecular weight excluding hydrogens is 250 g/mol. The molecule has 0 aliphatic heterocycles. The Morgan fingerprint density at radius 3 is 2.75 bits per heavy atom. The Morgan fingerprint density at radius 2 is 2.15 bits per heavy atom. The highest BCUT2D eigenvalue weighted by Crippen LogP contribution is 2.29. The number of nitrogens with zero attached hydrogens (tertiary/aromatic N) is 2. The summed E-state index contributed by atoms with van der Waals surface area (Å²) in [5.41, 5.74) is 6.61. The zero-order valence-corrected chi connectivity index (χ0v) is 12.7. The van der Waals surface area contributed by atoms with E-state index in [9.17, 15) is 4.79 Å². The smallest absolute Gasteiger partial charge is 0.141 e. The lowest BCUT2D eigenvalue weighted by atomic mass is 9.79. The Balaban J connectivity index is 1.87. The SMILES string of the molecule is CCC(C)n1ccc(CC(=O)C2CCC(CN)CC2)n1. The third-order valence-electron chi connectivity index (χ3n) is 4.70. The quantitative estimate of drug-likeness (QED) is 0.869. The number of aromatic nitrogens is 2. The molecule has 0 aromatic carbocycles. The van der Waals surface area contributed by atoms with Gasteiger partial charge in [-0.3, -0.25) is 9.48 Å². The molecule has 0 saturated heterocycles. The molecule has 1 heterocycles. The van der Waals surface area contributed by atoms with Crippen LogP contribution in [0.3, 0.4) is 0 Å². The zero-order valence-electron chi connectivity index (χ0n) is 12.7. The minimum atomic E-state index is 0.228. The van der Waals surface area contributed by atoms with Crippen molar-refractivity contribution in [1.29, 1.82) is 0 Å². The van der Waals surface area contributed by atoms with Crippen LogP contribution in [0.4, 0.5) is 0 Å². The van der Waals surface area contributed by atoms with Gasteiger partial charge in [0.2, 0.25) is 0 Å². The average Bonchev–Trinajstić information content (AvgIpc) is 2.95. The first kappa shape index (κ1) is 15.2. The fourth-order valence-electron chi connectivity index (χ4n) is 2.95. The Hall–Kier alpha value is -1.16. The lowest BCUT2D eigenvalue weighted by Gasteiger charge is -2.26. The van der Waals surface area contributed by atoms with Crippen LogP contribution < -0.4 is 5.73 Å². The van der Waals surface area contributed by atoms with Gasteiger partial charge in [-0.25, -0.2) is 0 Å². The maximum Gasteiger partial charge on any atom is 0.141 e. The number of rotatable bonds is 6. The molecule has 0 bridgehead atoms. The molecule has 4 heteroatoms. The Morgan fingerprint density at radius 1 is 1.45 bits per heavy atom. The number of hydrogen-bond donors (Lipinski definition) is 1. The van der Waals surface area contributed by atoms with Crippen LogP contribution in [0.1, 0.15) is 57.7 Å². The van der Waals surface area contributed by atoms with Crippen molar-refractivity contribution in [2.24, 2.45) is 17.6 Å². The largest absolute Gasteiger partial charge is 0.330 e. The predicted molar refractivity (Wildman–Crippen MR) is 80.4 cm³/mol. The van der Waals surface area contributed by atoms with Crippen LogP contribution in [0.25, 0.3) is 0 Å². The first-order chi connectivity index (χ1) is 9.63. The zero-order chi connectivity index (χ0) is 14.5. The van der Waals surface area contributed by atoms with Gasteiger partial charge >= 0.3 is 0 Å². The molecule has 0 amide bonds. The minimum absolute atomic E-state index is 0.228. The normalized spacial score (nSPS) is 24.6. The minimum Gasteiger partial charge on any atom is -0.330 e. The van der Waals surface area contributed by atoms with Crippen molar-refractivity contribution < 1.29 is 4.79 Å². The van der Waals surface area contributed by atoms with Gasteiger partial charge in [-0.05, 0) is 57.6 Å². The van der Waals surface area contributed by atoms with Crippen molar-refractivity contribution in [3.8, 4) is 0 Å². The van der Waals surface area contributed by atoms with Crippen LogP contribution in [0.2, 0.25) is 0 Å². The van der Waals surface area contributed by atoms with E-state index in [0.717, 1.165) is 44.3 Å². The summed E-state index contributed by atoms with van der Waals surface area (Å²) in [5.74, 6) is 1.21. The van der Waals surface area contributed by atoms with Crippen LogP contribution >= 0.6 is 0 Å². The number of nitrogens with two attached hydrogens (primary N) is 1. The highest BCUT2D eigenvalue weighted by molar-refractivity contribution is 5.82. The number of hydrogen-bond acceptors (Lipinski definition) is 3. The Labute approximate surface area is 121 Å². The van der Waals surface area contributed by atoms with Crippen LogP contribution in [0, 0.1) is 11.8 Å². The van der Waals surface area contributed by atoms with E-state index < -0.39 is 0 Å². The fraction of sp³-hybridized carbons (Fsp3) is 0.750. The second kappa shape index (κ2) is 7.02. The molecule has 2 N–H and O–H groups in total. The molecule has 1 aliphatic rings. The van der Waals surface area contributed by atoms with Crippen LogP contribution in [-0.2, 0) is 11.2 Å². The Kier molecular flexibility index (Phi) is 5.35. The van der Waals surface area contributed by atoms with E-state index in [2.05, 4.69) is 18.9 Å². The molecule has 1 aliphatic carbocycles. The van der Waals surface area contributed by atoms with Crippen LogP contribution in [-0.4, -0.2) is 22.1 Å². The molecule has 0 radical (unpaired) electrons. The standard InChI is InChI=1S/C16H27N3O/c1-3-12(2)19-9-8-15(18-19)10-16(20)14-6-4-13(11-17)5-7-14/h8-9,12-14H,3-7,10-11,17H2,1-2H3. The van der Waals surface area contributed by atoms with Gasteiger partial charge in [-0.15, -0.1) is 0 Å². The van der Waals surface area contributed by atoms with E-state index in [-0.39, 0.29) is 5.92 Å². The van der Waals surface area contributed by atoms with E-state index in [1.807, 2.05) is 16.9 Å². The number of carbonyl (C=O) groups excluding carboxylic acids is 1. The van der Waals surface area contributed by atoms with Crippen molar-refractivity contribution in [1.82, 2.24) is 9.78 Å². The monoisotopic (exact) mass is 277 g/mol. The molecule has 1 aromatic heterocycles. The molecule has 2 rings (SSSR count). The lowest BCUT2D eigenvalue weighted by molar-refractivity contribution is -0.123. The summed E-state index contributed by atoms with van der Waals surface area (Å²) in [4.78, 5) is 12.3. The summed E-state index contributed by atoms with van der Waals surface area (Å²) < 4.78 is 1.97. The van der Waals surface area contributed by atoms with Crippen LogP contribution in [0.5, 0.6) is 0 Å². The number of Topliss-reactive ketones (excluding diaryl/α,β-unsaturated/α-hetero) is 1. The molecule has 1 fully saturated rings. The second-order valence-electron chi connectivity index (χ2n) is 6.14. The molecule has 1 unspecified atom stereocenters. The Bertz CT molecular complexity index is 433. The van der Waals surface area contributed by atoms with Crippen molar-refractivity contribution in [2.75, 3.05) is 6.54 Å². The molecule has 4 nitrogen and oxygen atoms in total. The topological polar surface area (TPSA) is 60.9 Å². The maximum absolute atomic E-state index is 12.3. The van der Waals surface area contributed by atoms with Crippen molar-refractivity contribution in [3.63, 3.8) is 0 Å². The van der Waals surface area contributed by atoms with Gasteiger partial charge in [0.25, 0.3) is 0 Å². The molecule has 0 spiro atoms. The first-order valence-corrected chi connectivity index (χ1v) is 7.90. The van der Waals surface area contributed by atoms with E-state index in [1.54, 1.807) is 0 Å². The van der Waals surface area contributed by atoms with Gasteiger partial charge < -0.3 is 5.73 Å². The molecule has 1 atom stereocenters. The molecule has 1 saturated carbocycles. The van der Waals surface area contributed by atoms with Gasteiger partial charge in [0, 0.05) is 18.2 Å². The summed E-state index contributed by atoms with van der Waals surface area (Å²) in [5, 5.41) is 4.52. The average molecular weight is 277 g/mol. The highest BCUT2D eigenvalue weighted by atomic mass is 16.1. The molecular formula is C16H27N3O. The van der Waals surface area contributed by atoms with Crippen LogP contribution in [0.15, 0.2) is 12.3 Å². The van der Waals surface area contributed by atoms with Gasteiger partial charge in [0.15, 0.2) is 0 Å². The highest BCUT2D eigenvalue weighted by Gasteiger charge is 2.25. The number of carbonyl (C=O) groups is 1. The van der Waals surface area contributed by atoms with Gasteiger partial charge in [0.1, 0.15) is 5.78 Å². The molecule has 112 valence electrons. The maximum atomic E-state index is 12.3. The van der Waals surface area contributed by atoms with Crippen molar-refractivity contribution >= 4 is 5.78 Å². The summed E-state index contributed by atoms with van der Waals surface area (Å²) in [7, 11) is 0. The van der Waals surface area contributed by atoms with Gasteiger partial charge in [0.05, 0.1) is 12.1 Å².